The third-order valence-electron chi connectivity index (χ3n) is 3.67. The number of anilines is 3. The quantitative estimate of drug-likeness (QED) is 0.649. The van der Waals surface area contributed by atoms with E-state index in [1.807, 2.05) is 66.7 Å². The summed E-state index contributed by atoms with van der Waals surface area (Å²) in [6.45, 7) is 0. The Balaban J connectivity index is 2.23. The molecular weight excluding hydrogens is 286 g/mol. The van der Waals surface area contributed by atoms with Crippen molar-refractivity contribution >= 4 is 17.1 Å². The highest BCUT2D eigenvalue weighted by Gasteiger charge is 2.18. The summed E-state index contributed by atoms with van der Waals surface area (Å²) in [7, 11) is 3.37. The second kappa shape index (κ2) is 6.88. The fourth-order valence-electron chi connectivity index (χ4n) is 2.61. The van der Waals surface area contributed by atoms with Crippen LogP contribution in [0.1, 0.15) is 0 Å². The van der Waals surface area contributed by atoms with Gasteiger partial charge in [0.05, 0.1) is 25.6 Å². The lowest BCUT2D eigenvalue weighted by molar-refractivity contribution is 0.412. The molecule has 0 aliphatic carbocycles. The van der Waals surface area contributed by atoms with Crippen LogP contribution in [0.3, 0.4) is 0 Å². The number of hydrogen-bond donors (Lipinski definition) is 0. The van der Waals surface area contributed by atoms with Crippen molar-refractivity contribution in [2.75, 3.05) is 19.1 Å². The first-order valence-corrected chi connectivity index (χ1v) is 7.46. The molecule has 3 aromatic rings. The summed E-state index contributed by atoms with van der Waals surface area (Å²) >= 11 is 0. The highest BCUT2D eigenvalue weighted by molar-refractivity contribution is 5.82. The molecule has 23 heavy (non-hydrogen) atoms. The number of rotatable bonds is 5. The SMILES string of the molecule is COc1ccccc1N(c1ccccc1)c1ccccc1OC. The highest BCUT2D eigenvalue weighted by Crippen LogP contribution is 2.43. The van der Waals surface area contributed by atoms with Crippen LogP contribution in [0.4, 0.5) is 17.1 Å². The zero-order valence-corrected chi connectivity index (χ0v) is 13.3. The van der Waals surface area contributed by atoms with Gasteiger partial charge in [-0.15, -0.1) is 0 Å². The molecule has 0 atom stereocenters. The van der Waals surface area contributed by atoms with E-state index < -0.39 is 0 Å². The first kappa shape index (κ1) is 15.0. The van der Waals surface area contributed by atoms with E-state index in [1.54, 1.807) is 14.2 Å². The molecule has 0 saturated carbocycles. The monoisotopic (exact) mass is 305 g/mol. The molecule has 0 unspecified atom stereocenters. The fourth-order valence-corrected chi connectivity index (χ4v) is 2.61. The lowest BCUT2D eigenvalue weighted by atomic mass is 10.1. The molecule has 0 aromatic heterocycles. The van der Waals surface area contributed by atoms with E-state index in [0.717, 1.165) is 28.6 Å². The molecule has 3 rings (SSSR count). The van der Waals surface area contributed by atoms with Gasteiger partial charge in [-0.1, -0.05) is 42.5 Å². The maximum absolute atomic E-state index is 5.56. The van der Waals surface area contributed by atoms with Crippen LogP contribution in [0.2, 0.25) is 0 Å². The van der Waals surface area contributed by atoms with E-state index in [1.165, 1.54) is 0 Å². The Morgan fingerprint density at radius 1 is 0.565 bits per heavy atom. The number of nitrogens with zero attached hydrogens (tertiary/aromatic N) is 1. The van der Waals surface area contributed by atoms with Crippen LogP contribution < -0.4 is 14.4 Å². The predicted octanol–water partition coefficient (Wildman–Crippen LogP) is 5.17. The van der Waals surface area contributed by atoms with E-state index in [0.29, 0.717) is 0 Å². The van der Waals surface area contributed by atoms with Crippen molar-refractivity contribution in [1.82, 2.24) is 0 Å². The number of para-hydroxylation sites is 5. The Morgan fingerprint density at radius 2 is 1.00 bits per heavy atom. The van der Waals surface area contributed by atoms with Crippen LogP contribution in [-0.2, 0) is 0 Å². The van der Waals surface area contributed by atoms with Crippen molar-refractivity contribution in [3.63, 3.8) is 0 Å². The van der Waals surface area contributed by atoms with E-state index in [-0.39, 0.29) is 0 Å². The average molecular weight is 305 g/mol. The third-order valence-corrected chi connectivity index (χ3v) is 3.67. The molecule has 116 valence electrons. The van der Waals surface area contributed by atoms with E-state index in [9.17, 15) is 0 Å². The van der Waals surface area contributed by atoms with Crippen molar-refractivity contribution in [3.8, 4) is 11.5 Å². The molecule has 0 heterocycles. The number of hydrogen-bond acceptors (Lipinski definition) is 3. The van der Waals surface area contributed by atoms with Crippen molar-refractivity contribution < 1.29 is 9.47 Å². The van der Waals surface area contributed by atoms with Gasteiger partial charge in [-0.25, -0.2) is 0 Å². The van der Waals surface area contributed by atoms with E-state index in [4.69, 9.17) is 9.47 Å². The zero-order valence-electron chi connectivity index (χ0n) is 13.3. The van der Waals surface area contributed by atoms with Crippen LogP contribution in [-0.4, -0.2) is 14.2 Å². The molecule has 0 radical (unpaired) electrons. The molecule has 0 bridgehead atoms. The van der Waals surface area contributed by atoms with Crippen molar-refractivity contribution in [3.05, 3.63) is 78.9 Å². The van der Waals surface area contributed by atoms with Gasteiger partial charge in [0.25, 0.3) is 0 Å². The summed E-state index contributed by atoms with van der Waals surface area (Å²) < 4.78 is 11.1. The number of methoxy groups -OCH3 is 2. The van der Waals surface area contributed by atoms with Gasteiger partial charge in [0.1, 0.15) is 11.5 Å². The lowest BCUT2D eigenvalue weighted by Crippen LogP contribution is -2.12. The second-order valence-electron chi connectivity index (χ2n) is 5.01. The standard InChI is InChI=1S/C20H19NO2/c1-22-19-14-8-6-12-17(19)21(16-10-4-3-5-11-16)18-13-7-9-15-20(18)23-2/h3-15H,1-2H3. The first-order valence-electron chi connectivity index (χ1n) is 7.46. The molecule has 0 aliphatic rings. The average Bonchev–Trinajstić information content (AvgIpc) is 2.64. The lowest BCUT2D eigenvalue weighted by Gasteiger charge is -2.28. The van der Waals surface area contributed by atoms with Crippen molar-refractivity contribution in [2.45, 2.75) is 0 Å². The zero-order chi connectivity index (χ0) is 16.1. The minimum absolute atomic E-state index is 0.808. The van der Waals surface area contributed by atoms with Gasteiger partial charge in [-0.05, 0) is 36.4 Å². The summed E-state index contributed by atoms with van der Waals surface area (Å²) in [5, 5.41) is 0. The molecule has 0 saturated heterocycles. The van der Waals surface area contributed by atoms with E-state index in [2.05, 4.69) is 17.0 Å². The van der Waals surface area contributed by atoms with Crippen LogP contribution in [0.5, 0.6) is 11.5 Å². The van der Waals surface area contributed by atoms with Gasteiger partial charge in [0.15, 0.2) is 0 Å². The van der Waals surface area contributed by atoms with Gasteiger partial charge >= 0.3 is 0 Å². The molecule has 0 amide bonds. The third kappa shape index (κ3) is 2.99. The minimum Gasteiger partial charge on any atom is -0.495 e. The molecule has 3 heteroatoms. The largest absolute Gasteiger partial charge is 0.495 e. The molecule has 0 aliphatic heterocycles. The van der Waals surface area contributed by atoms with Crippen molar-refractivity contribution in [1.29, 1.82) is 0 Å². The number of ether oxygens (including phenoxy) is 2. The Morgan fingerprint density at radius 3 is 1.48 bits per heavy atom. The molecular formula is C20H19NO2. The van der Waals surface area contributed by atoms with Gasteiger partial charge in [-0.3, -0.25) is 0 Å². The van der Waals surface area contributed by atoms with Crippen LogP contribution in [0.15, 0.2) is 78.9 Å². The summed E-state index contributed by atoms with van der Waals surface area (Å²) in [4.78, 5) is 2.14. The first-order chi connectivity index (χ1) is 11.3. The Kier molecular flexibility index (Phi) is 4.48. The maximum Gasteiger partial charge on any atom is 0.142 e. The smallest absolute Gasteiger partial charge is 0.142 e. The Bertz CT molecular complexity index is 724. The summed E-state index contributed by atoms with van der Waals surface area (Å²) in [6.07, 6.45) is 0. The molecule has 3 nitrogen and oxygen atoms in total. The Labute approximate surface area is 136 Å². The highest BCUT2D eigenvalue weighted by atomic mass is 16.5. The van der Waals surface area contributed by atoms with Gasteiger partial charge in [0, 0.05) is 5.69 Å². The number of benzene rings is 3. The summed E-state index contributed by atoms with van der Waals surface area (Å²) in [5.41, 5.74) is 2.97. The summed E-state index contributed by atoms with van der Waals surface area (Å²) in [6, 6.07) is 26.1. The minimum atomic E-state index is 0.808. The molecule has 0 spiro atoms. The molecule has 3 aromatic carbocycles. The summed E-state index contributed by atoms with van der Waals surface area (Å²) in [5.74, 6) is 1.62. The molecule has 0 N–H and O–H groups in total. The van der Waals surface area contributed by atoms with Gasteiger partial charge < -0.3 is 14.4 Å². The Hall–Kier alpha value is -2.94. The maximum atomic E-state index is 5.56. The molecule has 0 fully saturated rings. The predicted molar refractivity (Wildman–Crippen MR) is 94.2 cm³/mol. The van der Waals surface area contributed by atoms with Crippen LogP contribution in [0, 0.1) is 0 Å². The van der Waals surface area contributed by atoms with E-state index >= 15 is 0 Å². The van der Waals surface area contributed by atoms with Crippen molar-refractivity contribution in [2.24, 2.45) is 0 Å². The van der Waals surface area contributed by atoms with Crippen LogP contribution >= 0.6 is 0 Å². The fraction of sp³-hybridized carbons (Fsp3) is 0.100. The van der Waals surface area contributed by atoms with Crippen LogP contribution in [0.25, 0.3) is 0 Å². The topological polar surface area (TPSA) is 21.7 Å². The normalized spacial score (nSPS) is 10.2. The second-order valence-corrected chi connectivity index (χ2v) is 5.01. The van der Waals surface area contributed by atoms with Gasteiger partial charge in [-0.2, -0.15) is 0 Å². The van der Waals surface area contributed by atoms with Gasteiger partial charge in [0.2, 0.25) is 0 Å².